The summed E-state index contributed by atoms with van der Waals surface area (Å²) in [5, 5.41) is 3.91. The van der Waals surface area contributed by atoms with Crippen molar-refractivity contribution >= 4 is 34.1 Å². The van der Waals surface area contributed by atoms with Gasteiger partial charge in [-0.05, 0) is 36.8 Å². The Balaban J connectivity index is 1.98. The van der Waals surface area contributed by atoms with Crippen LogP contribution in [0.15, 0.2) is 64.2 Å². The number of carbonyl (C=O) groups is 1. The average Bonchev–Trinajstić information content (AvgIpc) is 2.57. The molecule has 0 atom stereocenters. The highest BCUT2D eigenvalue weighted by molar-refractivity contribution is 9.10. The molecule has 1 amide bonds. The maximum atomic E-state index is 12.2. The first-order valence-electron chi connectivity index (χ1n) is 7.18. The molecule has 5 heteroatoms. The van der Waals surface area contributed by atoms with Crippen molar-refractivity contribution in [3.05, 3.63) is 70.2 Å². The maximum Gasteiger partial charge on any atom is 0.275 e. The van der Waals surface area contributed by atoms with Gasteiger partial charge in [-0.1, -0.05) is 52.3 Å². The minimum Gasteiger partial charge on any atom is -0.493 e. The van der Waals surface area contributed by atoms with Gasteiger partial charge in [0.1, 0.15) is 5.75 Å². The molecule has 0 heterocycles. The Bertz CT molecular complexity index is 712. The summed E-state index contributed by atoms with van der Waals surface area (Å²) >= 11 is 3.35. The Morgan fingerprint density at radius 2 is 2.04 bits per heavy atom. The van der Waals surface area contributed by atoms with Gasteiger partial charge < -0.3 is 4.74 Å². The summed E-state index contributed by atoms with van der Waals surface area (Å²) in [4.78, 5) is 12.2. The van der Waals surface area contributed by atoms with Gasteiger partial charge in [0.05, 0.1) is 12.2 Å². The van der Waals surface area contributed by atoms with Gasteiger partial charge in [0.15, 0.2) is 0 Å². The van der Waals surface area contributed by atoms with Crippen LogP contribution in [0.25, 0.3) is 6.08 Å². The van der Waals surface area contributed by atoms with Crippen LogP contribution in [0.5, 0.6) is 5.75 Å². The van der Waals surface area contributed by atoms with Gasteiger partial charge in [-0.2, -0.15) is 5.10 Å². The average molecular weight is 373 g/mol. The van der Waals surface area contributed by atoms with Gasteiger partial charge in [-0.15, -0.1) is 0 Å². The number of benzene rings is 2. The third-order valence-electron chi connectivity index (χ3n) is 2.90. The zero-order valence-corrected chi connectivity index (χ0v) is 14.3. The molecule has 0 aliphatic carbocycles. The number of hydrogen-bond acceptors (Lipinski definition) is 3. The summed E-state index contributed by atoms with van der Waals surface area (Å²) < 4.78 is 6.26. The third kappa shape index (κ3) is 5.38. The molecule has 118 valence electrons. The Labute approximate surface area is 144 Å². The van der Waals surface area contributed by atoms with Gasteiger partial charge in [0, 0.05) is 10.7 Å². The monoisotopic (exact) mass is 372 g/mol. The van der Waals surface area contributed by atoms with Gasteiger partial charge >= 0.3 is 0 Å². The van der Waals surface area contributed by atoms with Crippen molar-refractivity contribution in [2.75, 3.05) is 6.61 Å². The molecule has 0 aliphatic rings. The van der Waals surface area contributed by atoms with Crippen molar-refractivity contribution in [1.82, 2.24) is 5.43 Å². The molecule has 0 saturated carbocycles. The molecule has 2 rings (SSSR count). The highest BCUT2D eigenvalue weighted by Crippen LogP contribution is 2.23. The Hall–Kier alpha value is -2.40. The van der Waals surface area contributed by atoms with E-state index in [9.17, 15) is 4.79 Å². The number of amides is 1. The maximum absolute atomic E-state index is 12.2. The molecule has 2 aromatic carbocycles. The lowest BCUT2D eigenvalue weighted by Crippen LogP contribution is -2.18. The second-order valence-corrected chi connectivity index (χ2v) is 5.48. The summed E-state index contributed by atoms with van der Waals surface area (Å²) in [7, 11) is 0. The highest BCUT2D eigenvalue weighted by Gasteiger charge is 2.12. The standard InChI is InChI=1S/C18H17BrN2O2/c1-2-23-17-11-10-15(19)13-16(17)18(22)21-20-12-6-9-14-7-4-3-5-8-14/h3-13H,2H2,1H3,(H,21,22)/b9-6+,20-12+. The van der Waals surface area contributed by atoms with Crippen LogP contribution in [-0.4, -0.2) is 18.7 Å². The first kappa shape index (κ1) is 17.0. The van der Waals surface area contributed by atoms with Crippen LogP contribution >= 0.6 is 15.9 Å². The van der Waals surface area contributed by atoms with Crippen molar-refractivity contribution in [3.8, 4) is 5.75 Å². The van der Waals surface area contributed by atoms with E-state index in [2.05, 4.69) is 26.5 Å². The molecule has 0 saturated heterocycles. The van der Waals surface area contributed by atoms with E-state index in [4.69, 9.17) is 4.74 Å². The first-order chi connectivity index (χ1) is 11.2. The fourth-order valence-corrected chi connectivity index (χ4v) is 2.24. The molecule has 2 aromatic rings. The fourth-order valence-electron chi connectivity index (χ4n) is 1.88. The molecule has 0 aromatic heterocycles. The number of halogens is 1. The molecule has 0 spiro atoms. The molecule has 0 bridgehead atoms. The van der Waals surface area contributed by atoms with Gasteiger partial charge in [-0.25, -0.2) is 5.43 Å². The van der Waals surface area contributed by atoms with Gasteiger partial charge in [-0.3, -0.25) is 4.79 Å². The van der Waals surface area contributed by atoms with Crippen LogP contribution in [0, 0.1) is 0 Å². The summed E-state index contributed by atoms with van der Waals surface area (Å²) in [6, 6.07) is 15.1. The molecule has 1 N–H and O–H groups in total. The van der Waals surface area contributed by atoms with E-state index in [1.54, 1.807) is 18.2 Å². The number of rotatable bonds is 6. The van der Waals surface area contributed by atoms with Crippen molar-refractivity contribution in [1.29, 1.82) is 0 Å². The highest BCUT2D eigenvalue weighted by atomic mass is 79.9. The minimum absolute atomic E-state index is 0.320. The second kappa shape index (κ2) is 8.90. The number of nitrogens with one attached hydrogen (secondary N) is 1. The summed E-state index contributed by atoms with van der Waals surface area (Å²) in [6.07, 6.45) is 5.20. The largest absolute Gasteiger partial charge is 0.493 e. The quantitative estimate of drug-likeness (QED) is 0.607. The fraction of sp³-hybridized carbons (Fsp3) is 0.111. The lowest BCUT2D eigenvalue weighted by molar-refractivity contribution is 0.0951. The Morgan fingerprint density at radius 1 is 1.26 bits per heavy atom. The van der Waals surface area contributed by atoms with Crippen molar-refractivity contribution in [2.45, 2.75) is 6.92 Å². The van der Waals surface area contributed by atoms with Gasteiger partial charge in [0.2, 0.25) is 0 Å². The van der Waals surface area contributed by atoms with Crippen LogP contribution in [0.3, 0.4) is 0 Å². The van der Waals surface area contributed by atoms with E-state index in [0.717, 1.165) is 10.0 Å². The number of ether oxygens (including phenoxy) is 1. The SMILES string of the molecule is CCOc1ccc(Br)cc1C(=O)N/N=C/C=C/c1ccccc1. The zero-order chi connectivity index (χ0) is 16.5. The number of hydrogen-bond donors (Lipinski definition) is 1. The predicted octanol–water partition coefficient (Wildman–Crippen LogP) is 4.28. The van der Waals surface area contributed by atoms with Crippen LogP contribution < -0.4 is 10.2 Å². The van der Waals surface area contributed by atoms with E-state index >= 15 is 0 Å². The van der Waals surface area contributed by atoms with E-state index in [-0.39, 0.29) is 5.91 Å². The molecule has 4 nitrogen and oxygen atoms in total. The molecular formula is C18H17BrN2O2. The van der Waals surface area contributed by atoms with Crippen LogP contribution in [0.2, 0.25) is 0 Å². The Morgan fingerprint density at radius 3 is 2.78 bits per heavy atom. The third-order valence-corrected chi connectivity index (χ3v) is 3.39. The zero-order valence-electron chi connectivity index (χ0n) is 12.7. The molecule has 0 radical (unpaired) electrons. The summed E-state index contributed by atoms with van der Waals surface area (Å²) in [5.41, 5.74) is 3.99. The van der Waals surface area contributed by atoms with E-state index < -0.39 is 0 Å². The van der Waals surface area contributed by atoms with Gasteiger partial charge in [0.25, 0.3) is 5.91 Å². The number of allylic oxidation sites excluding steroid dienone is 1. The molecular weight excluding hydrogens is 356 g/mol. The summed E-state index contributed by atoms with van der Waals surface area (Å²) in [6.45, 7) is 2.36. The Kier molecular flexibility index (Phi) is 6.56. The lowest BCUT2D eigenvalue weighted by atomic mass is 10.2. The first-order valence-corrected chi connectivity index (χ1v) is 7.97. The number of nitrogens with zero attached hydrogens (tertiary/aromatic N) is 1. The molecule has 23 heavy (non-hydrogen) atoms. The second-order valence-electron chi connectivity index (χ2n) is 4.56. The van der Waals surface area contributed by atoms with Crippen LogP contribution in [0.1, 0.15) is 22.8 Å². The van der Waals surface area contributed by atoms with E-state index in [1.165, 1.54) is 6.21 Å². The number of hydrazone groups is 1. The number of carbonyl (C=O) groups excluding carboxylic acids is 1. The molecule has 0 fully saturated rings. The van der Waals surface area contributed by atoms with Crippen LogP contribution in [0.4, 0.5) is 0 Å². The molecule has 0 aliphatic heterocycles. The summed E-state index contributed by atoms with van der Waals surface area (Å²) in [5.74, 6) is 0.210. The lowest BCUT2D eigenvalue weighted by Gasteiger charge is -2.09. The smallest absolute Gasteiger partial charge is 0.275 e. The topological polar surface area (TPSA) is 50.7 Å². The normalized spacial score (nSPS) is 11.0. The van der Waals surface area contributed by atoms with Crippen LogP contribution in [-0.2, 0) is 0 Å². The van der Waals surface area contributed by atoms with E-state index in [1.807, 2.05) is 49.4 Å². The molecule has 0 unspecified atom stereocenters. The predicted molar refractivity (Wildman–Crippen MR) is 96.7 cm³/mol. The van der Waals surface area contributed by atoms with Crippen molar-refractivity contribution in [2.24, 2.45) is 5.10 Å². The van der Waals surface area contributed by atoms with E-state index in [0.29, 0.717) is 17.9 Å². The van der Waals surface area contributed by atoms with Crippen molar-refractivity contribution in [3.63, 3.8) is 0 Å². The van der Waals surface area contributed by atoms with Crippen molar-refractivity contribution < 1.29 is 9.53 Å². The minimum atomic E-state index is -0.320.